The number of aliphatic hydroxyl groups excluding tert-OH is 2. The fourth-order valence-electron chi connectivity index (χ4n) is 10.5. The Morgan fingerprint density at radius 3 is 2.26 bits per heavy atom. The van der Waals surface area contributed by atoms with Crippen LogP contribution in [0.4, 0.5) is 0 Å². The van der Waals surface area contributed by atoms with Gasteiger partial charge in [0, 0.05) is 6.42 Å². The SMILES string of the molecule is CC[C@H]1[C@@H](O)[C@@H]2[C@H](CC[C@]3(C)[C@@H]([C@H](C)CCCC(=O)NS(=O)(=O)C4(C)CC4)CC[C@@H]23)[C@@]2(C)CC[C@@H](O)C[C@@H]12. The lowest BCUT2D eigenvalue weighted by atomic mass is 9.41. The van der Waals surface area contributed by atoms with Crippen molar-refractivity contribution in [3.63, 3.8) is 0 Å². The summed E-state index contributed by atoms with van der Waals surface area (Å²) >= 11 is 0. The summed E-state index contributed by atoms with van der Waals surface area (Å²) in [4.78, 5) is 12.4. The largest absolute Gasteiger partial charge is 0.393 e. The lowest BCUT2D eigenvalue weighted by molar-refractivity contribution is -0.203. The normalized spacial score (nSPS) is 46.4. The van der Waals surface area contributed by atoms with E-state index >= 15 is 0 Å². The Morgan fingerprint density at radius 2 is 1.61 bits per heavy atom. The van der Waals surface area contributed by atoms with Crippen molar-refractivity contribution in [2.24, 2.45) is 52.3 Å². The number of fused-ring (bicyclic) bond motifs is 5. The summed E-state index contributed by atoms with van der Waals surface area (Å²) in [5.41, 5.74) is 0.434. The second-order valence-corrected chi connectivity index (χ2v) is 17.2. The smallest absolute Gasteiger partial charge is 0.240 e. The molecule has 218 valence electrons. The van der Waals surface area contributed by atoms with Gasteiger partial charge in [-0.2, -0.15) is 0 Å². The third-order valence-electron chi connectivity index (χ3n) is 13.1. The monoisotopic (exact) mass is 551 g/mol. The van der Waals surface area contributed by atoms with Crippen molar-refractivity contribution in [2.45, 2.75) is 135 Å². The van der Waals surface area contributed by atoms with Crippen molar-refractivity contribution in [3.05, 3.63) is 0 Å². The average molecular weight is 552 g/mol. The summed E-state index contributed by atoms with van der Waals surface area (Å²) in [6, 6.07) is 0. The molecule has 7 heteroatoms. The number of rotatable bonds is 8. The summed E-state index contributed by atoms with van der Waals surface area (Å²) in [5, 5.41) is 22.4. The third-order valence-corrected chi connectivity index (χ3v) is 15.3. The van der Waals surface area contributed by atoms with Crippen LogP contribution < -0.4 is 4.72 Å². The topological polar surface area (TPSA) is 104 Å². The second kappa shape index (κ2) is 10.0. The van der Waals surface area contributed by atoms with Gasteiger partial charge in [-0.05, 0) is 130 Å². The number of sulfonamides is 1. The second-order valence-electron chi connectivity index (χ2n) is 15.0. The van der Waals surface area contributed by atoms with E-state index in [0.717, 1.165) is 32.1 Å². The quantitative estimate of drug-likeness (QED) is 0.374. The highest BCUT2D eigenvalue weighted by Crippen LogP contribution is 2.69. The molecule has 0 unspecified atom stereocenters. The predicted octanol–water partition coefficient (Wildman–Crippen LogP) is 5.42. The van der Waals surface area contributed by atoms with E-state index in [4.69, 9.17) is 0 Å². The Hall–Kier alpha value is -0.660. The summed E-state index contributed by atoms with van der Waals surface area (Å²) < 4.78 is 26.3. The number of carbonyl (C=O) groups excluding carboxylic acids is 1. The predicted molar refractivity (Wildman–Crippen MR) is 149 cm³/mol. The molecule has 0 aliphatic heterocycles. The molecule has 0 aromatic rings. The van der Waals surface area contributed by atoms with Gasteiger partial charge in [-0.15, -0.1) is 0 Å². The molecule has 0 heterocycles. The van der Waals surface area contributed by atoms with E-state index in [1.807, 2.05) is 0 Å². The molecule has 1 amide bonds. The molecular formula is C31H53NO5S. The maximum absolute atomic E-state index is 12.4. The minimum Gasteiger partial charge on any atom is -0.393 e. The Bertz CT molecular complexity index is 1010. The summed E-state index contributed by atoms with van der Waals surface area (Å²) in [7, 11) is -3.56. The fraction of sp³-hybridized carbons (Fsp3) is 0.968. The lowest BCUT2D eigenvalue weighted by Gasteiger charge is -2.64. The van der Waals surface area contributed by atoms with Crippen molar-refractivity contribution in [1.29, 1.82) is 0 Å². The van der Waals surface area contributed by atoms with Crippen LogP contribution in [0.5, 0.6) is 0 Å². The van der Waals surface area contributed by atoms with E-state index in [1.54, 1.807) is 6.92 Å². The molecule has 0 bridgehead atoms. The first-order valence-corrected chi connectivity index (χ1v) is 17.2. The highest BCUT2D eigenvalue weighted by molar-refractivity contribution is 7.91. The fourth-order valence-corrected chi connectivity index (χ4v) is 11.8. The van der Waals surface area contributed by atoms with Gasteiger partial charge in [-0.25, -0.2) is 8.42 Å². The third kappa shape index (κ3) is 4.58. The van der Waals surface area contributed by atoms with Gasteiger partial charge in [0.25, 0.3) is 0 Å². The molecule has 5 aliphatic rings. The molecule has 5 rings (SSSR count). The van der Waals surface area contributed by atoms with Gasteiger partial charge >= 0.3 is 0 Å². The van der Waals surface area contributed by atoms with Crippen LogP contribution in [0.3, 0.4) is 0 Å². The van der Waals surface area contributed by atoms with Gasteiger partial charge in [0.2, 0.25) is 15.9 Å². The highest BCUT2D eigenvalue weighted by Gasteiger charge is 2.64. The zero-order chi connectivity index (χ0) is 27.7. The Kier molecular flexibility index (Phi) is 7.60. The van der Waals surface area contributed by atoms with Gasteiger partial charge in [0.05, 0.1) is 17.0 Å². The Labute approximate surface area is 231 Å². The van der Waals surface area contributed by atoms with Crippen molar-refractivity contribution in [3.8, 4) is 0 Å². The molecule has 5 aliphatic carbocycles. The van der Waals surface area contributed by atoms with Crippen molar-refractivity contribution in [1.82, 2.24) is 4.72 Å². The lowest BCUT2D eigenvalue weighted by Crippen LogP contribution is -2.62. The van der Waals surface area contributed by atoms with Crippen LogP contribution in [0.1, 0.15) is 118 Å². The molecule has 0 spiro atoms. The number of amides is 1. The van der Waals surface area contributed by atoms with E-state index < -0.39 is 14.8 Å². The minimum absolute atomic E-state index is 0.212. The van der Waals surface area contributed by atoms with Crippen molar-refractivity contribution in [2.75, 3.05) is 0 Å². The number of nitrogens with one attached hydrogen (secondary N) is 1. The van der Waals surface area contributed by atoms with Crippen LogP contribution in [0, 0.1) is 52.3 Å². The van der Waals surface area contributed by atoms with E-state index in [2.05, 4.69) is 32.4 Å². The van der Waals surface area contributed by atoms with Crippen LogP contribution in [0.25, 0.3) is 0 Å². The first-order valence-electron chi connectivity index (χ1n) is 15.7. The van der Waals surface area contributed by atoms with E-state index in [9.17, 15) is 23.4 Å². The number of hydrogen-bond acceptors (Lipinski definition) is 5. The molecule has 6 nitrogen and oxygen atoms in total. The molecule has 3 N–H and O–H groups in total. The molecule has 38 heavy (non-hydrogen) atoms. The van der Waals surface area contributed by atoms with E-state index in [0.29, 0.717) is 54.8 Å². The molecular weight excluding hydrogens is 498 g/mol. The summed E-state index contributed by atoms with van der Waals surface area (Å²) in [6.07, 6.45) is 11.3. The number of aliphatic hydroxyl groups is 2. The zero-order valence-electron chi connectivity index (χ0n) is 24.4. The molecule has 0 saturated heterocycles. The van der Waals surface area contributed by atoms with Crippen LogP contribution >= 0.6 is 0 Å². The van der Waals surface area contributed by atoms with E-state index in [1.165, 1.54) is 25.7 Å². The maximum Gasteiger partial charge on any atom is 0.240 e. The van der Waals surface area contributed by atoms with Crippen LogP contribution in [0.15, 0.2) is 0 Å². The van der Waals surface area contributed by atoms with Gasteiger partial charge in [-0.3, -0.25) is 9.52 Å². The first kappa shape index (κ1) is 28.9. The highest BCUT2D eigenvalue weighted by atomic mass is 32.2. The first-order chi connectivity index (χ1) is 17.8. The van der Waals surface area contributed by atoms with E-state index in [-0.39, 0.29) is 41.3 Å². The van der Waals surface area contributed by atoms with Crippen molar-refractivity contribution < 1.29 is 23.4 Å². The molecule has 0 radical (unpaired) electrons. The summed E-state index contributed by atoms with van der Waals surface area (Å²) in [5.74, 6) is 2.83. The van der Waals surface area contributed by atoms with Gasteiger partial charge in [0.1, 0.15) is 0 Å². The Balaban J connectivity index is 1.24. The molecule has 0 aromatic heterocycles. The zero-order valence-corrected chi connectivity index (χ0v) is 25.2. The molecule has 11 atom stereocenters. The molecule has 5 fully saturated rings. The van der Waals surface area contributed by atoms with Gasteiger partial charge in [0.15, 0.2) is 0 Å². The number of carbonyl (C=O) groups is 1. The Morgan fingerprint density at radius 1 is 0.947 bits per heavy atom. The molecule has 0 aromatic carbocycles. The van der Waals surface area contributed by atoms with Crippen molar-refractivity contribution >= 4 is 15.9 Å². The molecule has 5 saturated carbocycles. The van der Waals surface area contributed by atoms with Crippen LogP contribution in [-0.2, 0) is 14.8 Å². The average Bonchev–Trinajstić information content (AvgIpc) is 3.51. The summed E-state index contributed by atoms with van der Waals surface area (Å²) in [6.45, 7) is 11.2. The van der Waals surface area contributed by atoms with Crippen LogP contribution in [0.2, 0.25) is 0 Å². The standard InChI is InChI=1S/C31H53NO5S/c1-6-21-25-18-20(33)12-14-31(25,5)24-13-15-30(4)22(10-11-23(30)27(24)28(21)35)19(2)8-7-9-26(34)32-38(36,37)29(3)16-17-29/h19-25,27-28,33,35H,6-18H2,1-5H3,(H,32,34)/t19-,20-,21-,22-,23+,24+,25+,27+,28-,30-,31-/m1/s1. The maximum atomic E-state index is 12.4. The van der Waals surface area contributed by atoms with Crippen LogP contribution in [-0.4, -0.2) is 41.5 Å². The van der Waals surface area contributed by atoms with Gasteiger partial charge < -0.3 is 10.2 Å². The minimum atomic E-state index is -3.56. The number of hydrogen-bond donors (Lipinski definition) is 3. The van der Waals surface area contributed by atoms with Gasteiger partial charge in [-0.1, -0.05) is 34.1 Å².